The van der Waals surface area contributed by atoms with E-state index in [0.717, 1.165) is 12.8 Å². The van der Waals surface area contributed by atoms with Crippen LogP contribution in [0.5, 0.6) is 0 Å². The monoisotopic (exact) mass is 246 g/mol. The Morgan fingerprint density at radius 3 is 2.06 bits per heavy atom. The van der Waals surface area contributed by atoms with Crippen LogP contribution in [0.3, 0.4) is 0 Å². The molecule has 1 atom stereocenters. The lowest BCUT2D eigenvalue weighted by Crippen LogP contribution is -2.19. The highest BCUT2D eigenvalue weighted by Crippen LogP contribution is 2.38. The first kappa shape index (κ1) is 14.0. The third kappa shape index (κ3) is 3.47. The molecule has 0 bridgehead atoms. The van der Waals surface area contributed by atoms with E-state index in [9.17, 15) is 8.42 Å². The molecule has 2 nitrogen and oxygen atoms in total. The van der Waals surface area contributed by atoms with Gasteiger partial charge in [0.25, 0.3) is 0 Å². The van der Waals surface area contributed by atoms with Gasteiger partial charge in [-0.2, -0.15) is 0 Å². The van der Waals surface area contributed by atoms with E-state index in [2.05, 4.69) is 20.8 Å². The van der Waals surface area contributed by atoms with E-state index >= 15 is 0 Å². The van der Waals surface area contributed by atoms with Crippen LogP contribution in [-0.2, 0) is 9.84 Å². The Labute approximate surface area is 101 Å². The molecule has 0 aromatic carbocycles. The van der Waals surface area contributed by atoms with Crippen LogP contribution >= 0.6 is 0 Å². The molecule has 1 rings (SSSR count). The second-order valence-corrected chi connectivity index (χ2v) is 7.60. The van der Waals surface area contributed by atoms with Gasteiger partial charge in [-0.1, -0.05) is 40.0 Å². The molecule has 0 aromatic rings. The van der Waals surface area contributed by atoms with Gasteiger partial charge in [0.15, 0.2) is 9.84 Å². The molecular weight excluding hydrogens is 220 g/mol. The highest BCUT2D eigenvalue weighted by atomic mass is 32.2. The standard InChI is InChI=1S/C13H26O2S/c1-4-13(5-2,6-3)9-7-12-8-10-16(14,15)11-12/h12H,4-11H2,1-3H3. The minimum Gasteiger partial charge on any atom is -0.229 e. The molecule has 16 heavy (non-hydrogen) atoms. The quantitative estimate of drug-likeness (QED) is 0.719. The van der Waals surface area contributed by atoms with Crippen molar-refractivity contribution in [3.05, 3.63) is 0 Å². The van der Waals surface area contributed by atoms with Gasteiger partial charge in [0.05, 0.1) is 11.5 Å². The Kier molecular flexibility index (Phi) is 4.84. The van der Waals surface area contributed by atoms with Crippen LogP contribution in [0.25, 0.3) is 0 Å². The van der Waals surface area contributed by atoms with Crippen LogP contribution in [0.1, 0.15) is 59.3 Å². The molecule has 1 heterocycles. The number of sulfone groups is 1. The van der Waals surface area contributed by atoms with Gasteiger partial charge in [-0.25, -0.2) is 8.42 Å². The molecule has 1 fully saturated rings. The summed E-state index contributed by atoms with van der Waals surface area (Å²) in [5.74, 6) is 1.31. The minimum absolute atomic E-state index is 0.426. The summed E-state index contributed by atoms with van der Waals surface area (Å²) in [6.45, 7) is 6.79. The highest BCUT2D eigenvalue weighted by molar-refractivity contribution is 7.91. The van der Waals surface area contributed by atoms with Crippen LogP contribution in [0.2, 0.25) is 0 Å². The van der Waals surface area contributed by atoms with Gasteiger partial charge in [-0.3, -0.25) is 0 Å². The summed E-state index contributed by atoms with van der Waals surface area (Å²) in [6, 6.07) is 0. The average molecular weight is 246 g/mol. The van der Waals surface area contributed by atoms with E-state index < -0.39 is 9.84 Å². The Bertz CT molecular complexity index is 294. The molecule has 0 aliphatic carbocycles. The Balaban J connectivity index is 2.45. The molecular formula is C13H26O2S. The molecule has 0 radical (unpaired) electrons. The van der Waals surface area contributed by atoms with Crippen molar-refractivity contribution in [1.82, 2.24) is 0 Å². The van der Waals surface area contributed by atoms with E-state index in [1.54, 1.807) is 0 Å². The summed E-state index contributed by atoms with van der Waals surface area (Å²) >= 11 is 0. The lowest BCUT2D eigenvalue weighted by atomic mass is 9.74. The van der Waals surface area contributed by atoms with Gasteiger partial charge in [-0.15, -0.1) is 0 Å². The van der Waals surface area contributed by atoms with Gasteiger partial charge in [0.1, 0.15) is 0 Å². The van der Waals surface area contributed by atoms with E-state index in [-0.39, 0.29) is 0 Å². The summed E-state index contributed by atoms with van der Waals surface area (Å²) in [7, 11) is -2.68. The van der Waals surface area contributed by atoms with E-state index in [4.69, 9.17) is 0 Å². The average Bonchev–Trinajstić information content (AvgIpc) is 2.61. The number of hydrogen-bond donors (Lipinski definition) is 0. The van der Waals surface area contributed by atoms with Gasteiger partial charge >= 0.3 is 0 Å². The fourth-order valence-corrected chi connectivity index (χ4v) is 4.80. The molecule has 1 saturated heterocycles. The molecule has 96 valence electrons. The third-order valence-electron chi connectivity index (χ3n) is 4.66. The lowest BCUT2D eigenvalue weighted by Gasteiger charge is -2.31. The predicted octanol–water partition coefficient (Wildman–Crippen LogP) is 3.42. The zero-order valence-electron chi connectivity index (χ0n) is 11.0. The summed E-state index contributed by atoms with van der Waals surface area (Å²) in [5, 5.41) is 0. The summed E-state index contributed by atoms with van der Waals surface area (Å²) < 4.78 is 22.7. The van der Waals surface area contributed by atoms with Gasteiger partial charge < -0.3 is 0 Å². The maximum absolute atomic E-state index is 11.4. The first-order chi connectivity index (χ1) is 7.47. The molecule has 3 heteroatoms. The first-order valence-electron chi connectivity index (χ1n) is 6.67. The van der Waals surface area contributed by atoms with Crippen LogP contribution < -0.4 is 0 Å². The SMILES string of the molecule is CCC(CC)(CC)CCC1CCS(=O)(=O)C1. The zero-order valence-corrected chi connectivity index (χ0v) is 11.8. The largest absolute Gasteiger partial charge is 0.229 e. The van der Waals surface area contributed by atoms with Crippen LogP contribution in [-0.4, -0.2) is 19.9 Å². The van der Waals surface area contributed by atoms with Crippen molar-refractivity contribution < 1.29 is 8.42 Å². The Hall–Kier alpha value is -0.0500. The second kappa shape index (κ2) is 5.52. The third-order valence-corrected chi connectivity index (χ3v) is 6.50. The number of rotatable bonds is 6. The molecule has 1 aliphatic rings. The van der Waals surface area contributed by atoms with Crippen molar-refractivity contribution in [2.45, 2.75) is 59.3 Å². The van der Waals surface area contributed by atoms with Gasteiger partial charge in [0, 0.05) is 0 Å². The first-order valence-corrected chi connectivity index (χ1v) is 8.49. The van der Waals surface area contributed by atoms with Gasteiger partial charge in [-0.05, 0) is 30.6 Å². The molecule has 1 unspecified atom stereocenters. The number of hydrogen-bond acceptors (Lipinski definition) is 2. The lowest BCUT2D eigenvalue weighted by molar-refractivity contribution is 0.210. The molecule has 1 aliphatic heterocycles. The molecule has 0 aromatic heterocycles. The minimum atomic E-state index is -2.68. The van der Waals surface area contributed by atoms with E-state index in [0.29, 0.717) is 22.8 Å². The summed E-state index contributed by atoms with van der Waals surface area (Å²) in [6.07, 6.45) is 6.87. The van der Waals surface area contributed by atoms with E-state index in [1.165, 1.54) is 25.7 Å². The fraction of sp³-hybridized carbons (Fsp3) is 1.00. The van der Waals surface area contributed by atoms with E-state index in [1.807, 2.05) is 0 Å². The van der Waals surface area contributed by atoms with Crippen molar-refractivity contribution in [1.29, 1.82) is 0 Å². The fourth-order valence-electron chi connectivity index (χ4n) is 2.89. The molecule has 0 N–H and O–H groups in total. The Morgan fingerprint density at radius 1 is 1.12 bits per heavy atom. The molecule has 0 saturated carbocycles. The van der Waals surface area contributed by atoms with Crippen molar-refractivity contribution >= 4 is 9.84 Å². The van der Waals surface area contributed by atoms with Gasteiger partial charge in [0.2, 0.25) is 0 Å². The zero-order chi connectivity index (χ0) is 12.2. The van der Waals surface area contributed by atoms with Crippen LogP contribution in [0.4, 0.5) is 0 Å². The van der Waals surface area contributed by atoms with Crippen LogP contribution in [0, 0.1) is 11.3 Å². The maximum Gasteiger partial charge on any atom is 0.150 e. The maximum atomic E-state index is 11.4. The summed E-state index contributed by atoms with van der Waals surface area (Å²) in [5.41, 5.74) is 0.465. The van der Waals surface area contributed by atoms with Crippen molar-refractivity contribution in [3.63, 3.8) is 0 Å². The smallest absolute Gasteiger partial charge is 0.150 e. The van der Waals surface area contributed by atoms with Crippen LogP contribution in [0.15, 0.2) is 0 Å². The normalized spacial score (nSPS) is 24.8. The molecule has 0 amide bonds. The Morgan fingerprint density at radius 2 is 1.69 bits per heavy atom. The topological polar surface area (TPSA) is 34.1 Å². The van der Waals surface area contributed by atoms with Crippen molar-refractivity contribution in [3.8, 4) is 0 Å². The molecule has 0 spiro atoms. The summed E-state index contributed by atoms with van der Waals surface area (Å²) in [4.78, 5) is 0. The predicted molar refractivity (Wildman–Crippen MR) is 69.3 cm³/mol. The van der Waals surface area contributed by atoms with Crippen molar-refractivity contribution in [2.24, 2.45) is 11.3 Å². The second-order valence-electron chi connectivity index (χ2n) is 5.37. The highest BCUT2D eigenvalue weighted by Gasteiger charge is 2.30. The van der Waals surface area contributed by atoms with Crippen molar-refractivity contribution in [2.75, 3.05) is 11.5 Å².